The molecule has 17 heavy (non-hydrogen) atoms. The quantitative estimate of drug-likeness (QED) is 0.867. The van der Waals surface area contributed by atoms with Crippen LogP contribution in [0.15, 0.2) is 28.7 Å². The second-order valence-corrected chi connectivity index (χ2v) is 4.61. The van der Waals surface area contributed by atoms with Gasteiger partial charge in [0.25, 0.3) is 0 Å². The SMILES string of the molecule is CCc1nn(C)c(-c2cccc(OC)c2)c1Br. The van der Waals surface area contributed by atoms with Gasteiger partial charge in [-0.1, -0.05) is 19.1 Å². The van der Waals surface area contributed by atoms with Crippen LogP contribution in [-0.2, 0) is 13.5 Å². The Kier molecular flexibility index (Phi) is 3.52. The zero-order valence-corrected chi connectivity index (χ0v) is 11.8. The van der Waals surface area contributed by atoms with Crippen molar-refractivity contribution in [3.05, 3.63) is 34.4 Å². The van der Waals surface area contributed by atoms with Gasteiger partial charge in [0.05, 0.1) is 23.0 Å². The molecular formula is C13H15BrN2O. The summed E-state index contributed by atoms with van der Waals surface area (Å²) in [6.45, 7) is 2.10. The van der Waals surface area contributed by atoms with Gasteiger partial charge in [-0.05, 0) is 34.5 Å². The molecule has 1 heterocycles. The van der Waals surface area contributed by atoms with Crippen LogP contribution in [0.2, 0.25) is 0 Å². The van der Waals surface area contributed by atoms with Gasteiger partial charge < -0.3 is 4.74 Å². The summed E-state index contributed by atoms with van der Waals surface area (Å²) in [4.78, 5) is 0. The predicted octanol–water partition coefficient (Wildman–Crippen LogP) is 3.42. The first kappa shape index (κ1) is 12.2. The van der Waals surface area contributed by atoms with E-state index in [2.05, 4.69) is 34.0 Å². The van der Waals surface area contributed by atoms with Gasteiger partial charge in [-0.2, -0.15) is 5.10 Å². The highest BCUT2D eigenvalue weighted by atomic mass is 79.9. The van der Waals surface area contributed by atoms with Crippen molar-refractivity contribution in [3.63, 3.8) is 0 Å². The third-order valence-corrected chi connectivity index (χ3v) is 3.57. The number of halogens is 1. The highest BCUT2D eigenvalue weighted by molar-refractivity contribution is 9.10. The summed E-state index contributed by atoms with van der Waals surface area (Å²) in [5, 5.41) is 4.49. The molecule has 2 aromatic rings. The lowest BCUT2D eigenvalue weighted by atomic mass is 10.1. The maximum Gasteiger partial charge on any atom is 0.119 e. The van der Waals surface area contributed by atoms with Crippen LogP contribution in [0.5, 0.6) is 5.75 Å². The van der Waals surface area contributed by atoms with E-state index in [1.807, 2.05) is 29.9 Å². The molecule has 0 fully saturated rings. The summed E-state index contributed by atoms with van der Waals surface area (Å²) in [5.74, 6) is 0.855. The Hall–Kier alpha value is -1.29. The Labute approximate surface area is 110 Å². The average molecular weight is 295 g/mol. The highest BCUT2D eigenvalue weighted by Gasteiger charge is 2.14. The normalized spacial score (nSPS) is 10.6. The summed E-state index contributed by atoms with van der Waals surface area (Å²) in [7, 11) is 3.63. The molecule has 0 saturated carbocycles. The van der Waals surface area contributed by atoms with Crippen LogP contribution in [0.4, 0.5) is 0 Å². The van der Waals surface area contributed by atoms with E-state index in [-0.39, 0.29) is 0 Å². The third kappa shape index (κ3) is 2.22. The molecular weight excluding hydrogens is 280 g/mol. The van der Waals surface area contributed by atoms with Gasteiger partial charge in [-0.3, -0.25) is 4.68 Å². The average Bonchev–Trinajstić information content (AvgIpc) is 2.64. The Balaban J connectivity index is 2.55. The molecule has 0 N–H and O–H groups in total. The van der Waals surface area contributed by atoms with Crippen LogP contribution in [0.1, 0.15) is 12.6 Å². The highest BCUT2D eigenvalue weighted by Crippen LogP contribution is 2.32. The summed E-state index contributed by atoms with van der Waals surface area (Å²) in [6, 6.07) is 8.00. The van der Waals surface area contributed by atoms with Crippen LogP contribution in [0.25, 0.3) is 11.3 Å². The molecule has 0 radical (unpaired) electrons. The third-order valence-electron chi connectivity index (χ3n) is 2.73. The minimum absolute atomic E-state index is 0.855. The van der Waals surface area contributed by atoms with Crippen LogP contribution >= 0.6 is 15.9 Å². The van der Waals surface area contributed by atoms with Crippen molar-refractivity contribution >= 4 is 15.9 Å². The van der Waals surface area contributed by atoms with Crippen molar-refractivity contribution in [2.45, 2.75) is 13.3 Å². The first-order valence-corrected chi connectivity index (χ1v) is 6.32. The molecule has 0 aliphatic heterocycles. The van der Waals surface area contributed by atoms with Gasteiger partial charge in [0.15, 0.2) is 0 Å². The fourth-order valence-electron chi connectivity index (χ4n) is 1.86. The molecule has 0 bridgehead atoms. The van der Waals surface area contributed by atoms with Crippen molar-refractivity contribution < 1.29 is 4.74 Å². The molecule has 0 saturated heterocycles. The van der Waals surface area contributed by atoms with Gasteiger partial charge in [-0.25, -0.2) is 0 Å². The van der Waals surface area contributed by atoms with Gasteiger partial charge in [0.1, 0.15) is 5.75 Å². The first-order chi connectivity index (χ1) is 8.17. The van der Waals surface area contributed by atoms with E-state index >= 15 is 0 Å². The molecule has 0 unspecified atom stereocenters. The van der Waals surface area contributed by atoms with Crippen LogP contribution in [0.3, 0.4) is 0 Å². The molecule has 3 nitrogen and oxygen atoms in total. The van der Waals surface area contributed by atoms with Crippen molar-refractivity contribution in [2.24, 2.45) is 7.05 Å². The second-order valence-electron chi connectivity index (χ2n) is 3.82. The zero-order chi connectivity index (χ0) is 12.4. The zero-order valence-electron chi connectivity index (χ0n) is 10.2. The molecule has 1 aromatic heterocycles. The number of methoxy groups -OCH3 is 1. The van der Waals surface area contributed by atoms with Gasteiger partial charge in [0.2, 0.25) is 0 Å². The molecule has 0 atom stereocenters. The second kappa shape index (κ2) is 4.92. The molecule has 1 aromatic carbocycles. The molecule has 0 spiro atoms. The van der Waals surface area contributed by atoms with E-state index in [0.29, 0.717) is 0 Å². The molecule has 2 rings (SSSR count). The van der Waals surface area contributed by atoms with Gasteiger partial charge in [-0.15, -0.1) is 0 Å². The minimum Gasteiger partial charge on any atom is -0.497 e. The number of aromatic nitrogens is 2. The fourth-order valence-corrected chi connectivity index (χ4v) is 2.71. The number of rotatable bonds is 3. The number of benzene rings is 1. The molecule has 0 aliphatic carbocycles. The molecule has 0 amide bonds. The number of nitrogens with zero attached hydrogens (tertiary/aromatic N) is 2. The molecule has 0 aliphatic rings. The predicted molar refractivity (Wildman–Crippen MR) is 72.3 cm³/mol. The number of aryl methyl sites for hydroxylation is 2. The monoisotopic (exact) mass is 294 g/mol. The van der Waals surface area contributed by atoms with Gasteiger partial charge >= 0.3 is 0 Å². The van der Waals surface area contributed by atoms with E-state index in [9.17, 15) is 0 Å². The topological polar surface area (TPSA) is 27.1 Å². The Morgan fingerprint density at radius 2 is 2.18 bits per heavy atom. The van der Waals surface area contributed by atoms with E-state index in [4.69, 9.17) is 4.74 Å². The summed E-state index contributed by atoms with van der Waals surface area (Å²) >= 11 is 3.62. The van der Waals surface area contributed by atoms with E-state index in [0.717, 1.165) is 33.6 Å². The lowest BCUT2D eigenvalue weighted by Crippen LogP contribution is -1.94. The minimum atomic E-state index is 0.855. The lowest BCUT2D eigenvalue weighted by molar-refractivity contribution is 0.415. The Morgan fingerprint density at radius 1 is 1.41 bits per heavy atom. The first-order valence-electron chi connectivity index (χ1n) is 5.53. The van der Waals surface area contributed by atoms with Crippen molar-refractivity contribution in [1.82, 2.24) is 9.78 Å². The van der Waals surface area contributed by atoms with Crippen LogP contribution in [-0.4, -0.2) is 16.9 Å². The van der Waals surface area contributed by atoms with Crippen LogP contribution in [0, 0.1) is 0 Å². The molecule has 4 heteroatoms. The lowest BCUT2D eigenvalue weighted by Gasteiger charge is -2.05. The van der Waals surface area contributed by atoms with Crippen LogP contribution < -0.4 is 4.74 Å². The van der Waals surface area contributed by atoms with Gasteiger partial charge in [0, 0.05) is 12.6 Å². The molecule has 90 valence electrons. The maximum atomic E-state index is 5.24. The van der Waals surface area contributed by atoms with Crippen molar-refractivity contribution in [3.8, 4) is 17.0 Å². The number of hydrogen-bond donors (Lipinski definition) is 0. The Morgan fingerprint density at radius 3 is 2.76 bits per heavy atom. The number of hydrogen-bond acceptors (Lipinski definition) is 2. The largest absolute Gasteiger partial charge is 0.497 e. The fraction of sp³-hybridized carbons (Fsp3) is 0.308. The Bertz CT molecular complexity index is 534. The van der Waals surface area contributed by atoms with E-state index in [1.165, 1.54) is 0 Å². The van der Waals surface area contributed by atoms with Crippen molar-refractivity contribution in [2.75, 3.05) is 7.11 Å². The summed E-state index contributed by atoms with van der Waals surface area (Å²) < 4.78 is 8.21. The number of ether oxygens (including phenoxy) is 1. The van der Waals surface area contributed by atoms with Crippen molar-refractivity contribution in [1.29, 1.82) is 0 Å². The van der Waals surface area contributed by atoms with E-state index in [1.54, 1.807) is 7.11 Å². The smallest absolute Gasteiger partial charge is 0.119 e. The summed E-state index contributed by atoms with van der Waals surface area (Å²) in [6.07, 6.45) is 0.915. The van der Waals surface area contributed by atoms with E-state index < -0.39 is 0 Å². The summed E-state index contributed by atoms with van der Waals surface area (Å²) in [5.41, 5.74) is 3.26. The maximum absolute atomic E-state index is 5.24. The standard InChI is InChI=1S/C13H15BrN2O/c1-4-11-12(14)13(16(2)15-11)9-6-5-7-10(8-9)17-3/h5-8H,4H2,1-3H3.